The number of halogens is 1. The third-order valence-corrected chi connectivity index (χ3v) is 4.50. The van der Waals surface area contributed by atoms with E-state index < -0.39 is 5.97 Å². The number of ether oxygens (including phenoxy) is 2. The van der Waals surface area contributed by atoms with Crippen LogP contribution in [0.5, 0.6) is 11.5 Å². The molecule has 0 bridgehead atoms. The lowest BCUT2D eigenvalue weighted by atomic mass is 9.92. The molecular weight excluding hydrogens is 292 g/mol. The van der Waals surface area contributed by atoms with Crippen molar-refractivity contribution in [1.82, 2.24) is 0 Å². The summed E-state index contributed by atoms with van der Waals surface area (Å²) < 4.78 is 11.6. The second kappa shape index (κ2) is 4.80. The van der Waals surface area contributed by atoms with Gasteiger partial charge in [0.15, 0.2) is 11.5 Å². The number of benzene rings is 1. The van der Waals surface area contributed by atoms with Crippen LogP contribution >= 0.6 is 11.6 Å². The third-order valence-electron chi connectivity index (χ3n) is 4.18. The molecular formula is C16H19ClO4. The maximum Gasteiger partial charge on any atom is 0.304 e. The summed E-state index contributed by atoms with van der Waals surface area (Å²) in [5.74, 6) is 0.508. The van der Waals surface area contributed by atoms with Gasteiger partial charge in [-0.25, -0.2) is 0 Å². The van der Waals surface area contributed by atoms with E-state index in [9.17, 15) is 4.79 Å². The lowest BCUT2D eigenvalue weighted by molar-refractivity contribution is -0.137. The minimum Gasteiger partial charge on any atom is -0.489 e. The fourth-order valence-corrected chi connectivity index (χ4v) is 3.09. The highest BCUT2D eigenvalue weighted by atomic mass is 35.5. The van der Waals surface area contributed by atoms with Gasteiger partial charge in [0, 0.05) is 21.9 Å². The van der Waals surface area contributed by atoms with Gasteiger partial charge in [0.25, 0.3) is 0 Å². The molecule has 0 unspecified atom stereocenters. The topological polar surface area (TPSA) is 55.8 Å². The second-order valence-corrected chi connectivity index (χ2v) is 7.28. The molecule has 1 heterocycles. The van der Waals surface area contributed by atoms with E-state index in [4.69, 9.17) is 26.2 Å². The maximum atomic E-state index is 11.1. The first kappa shape index (κ1) is 14.5. The molecule has 0 radical (unpaired) electrons. The molecule has 1 aromatic rings. The van der Waals surface area contributed by atoms with Gasteiger partial charge >= 0.3 is 5.97 Å². The number of aliphatic carboxylic acids is 1. The smallest absolute Gasteiger partial charge is 0.304 e. The van der Waals surface area contributed by atoms with Crippen LogP contribution in [0.4, 0.5) is 0 Å². The Balaban J connectivity index is 1.95. The van der Waals surface area contributed by atoms with E-state index in [1.165, 1.54) is 0 Å². The molecule has 114 valence electrons. The Hall–Kier alpha value is -1.42. The summed E-state index contributed by atoms with van der Waals surface area (Å²) in [4.78, 5) is 11.1. The molecule has 4 nitrogen and oxygen atoms in total. The van der Waals surface area contributed by atoms with Crippen LogP contribution in [0.3, 0.4) is 0 Å². The minimum absolute atomic E-state index is 0.0655. The predicted octanol–water partition coefficient (Wildman–Crippen LogP) is 3.64. The molecule has 3 rings (SSSR count). The molecule has 2 aliphatic rings. The predicted molar refractivity (Wildman–Crippen MR) is 79.4 cm³/mol. The SMILES string of the molecule is CC1(C)COc2cc(Cl)c(C3(CC(=O)O)CC3)cc2OC1. The zero-order chi connectivity index (χ0) is 15.3. The lowest BCUT2D eigenvalue weighted by Gasteiger charge is -2.19. The van der Waals surface area contributed by atoms with Gasteiger partial charge in [-0.2, -0.15) is 0 Å². The first-order valence-corrected chi connectivity index (χ1v) is 7.51. The average Bonchev–Trinajstić information content (AvgIpc) is 3.15. The van der Waals surface area contributed by atoms with Crippen molar-refractivity contribution in [2.24, 2.45) is 5.41 Å². The van der Waals surface area contributed by atoms with Crippen molar-refractivity contribution < 1.29 is 19.4 Å². The van der Waals surface area contributed by atoms with Gasteiger partial charge < -0.3 is 14.6 Å². The zero-order valence-electron chi connectivity index (χ0n) is 12.2. The molecule has 1 aromatic carbocycles. The first-order valence-electron chi connectivity index (χ1n) is 7.13. The van der Waals surface area contributed by atoms with Crippen LogP contribution in [0, 0.1) is 5.41 Å². The van der Waals surface area contributed by atoms with Crippen molar-refractivity contribution in [3.63, 3.8) is 0 Å². The third kappa shape index (κ3) is 2.82. The number of fused-ring (bicyclic) bond motifs is 1. The van der Waals surface area contributed by atoms with Gasteiger partial charge in [0.2, 0.25) is 0 Å². The lowest BCUT2D eigenvalue weighted by Crippen LogP contribution is -2.26. The van der Waals surface area contributed by atoms with Crippen molar-refractivity contribution in [3.8, 4) is 11.5 Å². The number of carbonyl (C=O) groups is 1. The number of rotatable bonds is 3. The molecule has 0 saturated heterocycles. The summed E-state index contributed by atoms with van der Waals surface area (Å²) in [6.07, 6.45) is 1.81. The minimum atomic E-state index is -0.795. The van der Waals surface area contributed by atoms with Gasteiger partial charge in [0.05, 0.1) is 19.6 Å². The summed E-state index contributed by atoms with van der Waals surface area (Å²) in [6.45, 7) is 5.28. The first-order chi connectivity index (χ1) is 9.81. The summed E-state index contributed by atoms with van der Waals surface area (Å²) in [5.41, 5.74) is 0.473. The number of carboxylic acids is 1. The molecule has 1 N–H and O–H groups in total. The van der Waals surface area contributed by atoms with E-state index in [0.29, 0.717) is 29.7 Å². The molecule has 0 aromatic heterocycles. The summed E-state index contributed by atoms with van der Waals surface area (Å²) in [5, 5.41) is 9.66. The van der Waals surface area contributed by atoms with Crippen molar-refractivity contribution in [1.29, 1.82) is 0 Å². The van der Waals surface area contributed by atoms with Crippen LogP contribution < -0.4 is 9.47 Å². The molecule has 0 atom stereocenters. The van der Waals surface area contributed by atoms with E-state index in [-0.39, 0.29) is 17.3 Å². The van der Waals surface area contributed by atoms with Gasteiger partial charge in [-0.15, -0.1) is 0 Å². The largest absolute Gasteiger partial charge is 0.489 e. The fraction of sp³-hybridized carbons (Fsp3) is 0.562. The van der Waals surface area contributed by atoms with E-state index in [2.05, 4.69) is 13.8 Å². The molecule has 1 fully saturated rings. The highest BCUT2D eigenvalue weighted by Crippen LogP contribution is 2.55. The molecule has 1 saturated carbocycles. The summed E-state index contributed by atoms with van der Waals surface area (Å²) in [7, 11) is 0. The van der Waals surface area contributed by atoms with Crippen LogP contribution in [0.2, 0.25) is 5.02 Å². The van der Waals surface area contributed by atoms with Gasteiger partial charge in [-0.05, 0) is 24.5 Å². The molecule has 0 spiro atoms. The Labute approximate surface area is 129 Å². The number of hydrogen-bond acceptors (Lipinski definition) is 3. The van der Waals surface area contributed by atoms with E-state index in [0.717, 1.165) is 18.4 Å². The van der Waals surface area contributed by atoms with Crippen molar-refractivity contribution in [2.45, 2.75) is 38.5 Å². The fourth-order valence-electron chi connectivity index (χ4n) is 2.74. The molecule has 21 heavy (non-hydrogen) atoms. The molecule has 0 amide bonds. The highest BCUT2D eigenvalue weighted by Gasteiger charge is 2.47. The van der Waals surface area contributed by atoms with Gasteiger partial charge in [0.1, 0.15) is 0 Å². The highest BCUT2D eigenvalue weighted by molar-refractivity contribution is 6.31. The molecule has 1 aliphatic carbocycles. The maximum absolute atomic E-state index is 11.1. The Morgan fingerprint density at radius 1 is 1.24 bits per heavy atom. The van der Waals surface area contributed by atoms with Crippen molar-refractivity contribution in [3.05, 3.63) is 22.7 Å². The molecule has 1 aliphatic heterocycles. The molecule has 5 heteroatoms. The van der Waals surface area contributed by atoms with Crippen molar-refractivity contribution >= 4 is 17.6 Å². The van der Waals surface area contributed by atoms with Crippen molar-refractivity contribution in [2.75, 3.05) is 13.2 Å². The monoisotopic (exact) mass is 310 g/mol. The Morgan fingerprint density at radius 3 is 2.33 bits per heavy atom. The Kier molecular flexibility index (Phi) is 3.32. The second-order valence-electron chi connectivity index (χ2n) is 6.87. The van der Waals surface area contributed by atoms with Crippen LogP contribution in [-0.4, -0.2) is 24.3 Å². The van der Waals surface area contributed by atoms with Gasteiger partial charge in [-0.1, -0.05) is 25.4 Å². The van der Waals surface area contributed by atoms with Crippen LogP contribution in [0.15, 0.2) is 12.1 Å². The normalized spacial score (nSPS) is 21.5. The van der Waals surface area contributed by atoms with Crippen LogP contribution in [0.1, 0.15) is 38.7 Å². The van der Waals surface area contributed by atoms with E-state index in [1.807, 2.05) is 6.07 Å². The van der Waals surface area contributed by atoms with Crippen LogP contribution in [0.25, 0.3) is 0 Å². The summed E-state index contributed by atoms with van der Waals surface area (Å²) >= 11 is 6.37. The van der Waals surface area contributed by atoms with Gasteiger partial charge in [-0.3, -0.25) is 4.79 Å². The zero-order valence-corrected chi connectivity index (χ0v) is 13.0. The van der Waals surface area contributed by atoms with E-state index >= 15 is 0 Å². The quantitative estimate of drug-likeness (QED) is 0.926. The average molecular weight is 311 g/mol. The van der Waals surface area contributed by atoms with Crippen LogP contribution in [-0.2, 0) is 10.2 Å². The standard InChI is InChI=1S/C16H19ClO4/c1-15(2)8-20-12-5-10(11(17)6-13(12)21-9-15)16(3-4-16)7-14(18)19/h5-6H,3-4,7-9H2,1-2H3,(H,18,19). The van der Waals surface area contributed by atoms with E-state index in [1.54, 1.807) is 6.07 Å². The Morgan fingerprint density at radius 2 is 1.81 bits per heavy atom. The number of hydrogen-bond donors (Lipinski definition) is 1. The number of carboxylic acid groups (broad SMARTS) is 1. The summed E-state index contributed by atoms with van der Waals surface area (Å²) in [6, 6.07) is 3.63. The Bertz CT molecular complexity index is 590.